The number of hydrogen-bond acceptors (Lipinski definition) is 8. The van der Waals surface area contributed by atoms with E-state index in [4.69, 9.17) is 4.74 Å². The zero-order chi connectivity index (χ0) is 24.0. The molecule has 4 heterocycles. The number of aliphatic hydroxyl groups excluding tert-OH is 1. The van der Waals surface area contributed by atoms with Gasteiger partial charge in [0.15, 0.2) is 0 Å². The third kappa shape index (κ3) is 4.50. The summed E-state index contributed by atoms with van der Waals surface area (Å²) < 4.78 is 84.4. The van der Waals surface area contributed by atoms with Crippen LogP contribution in [0.15, 0.2) is 12.4 Å². The highest BCUT2D eigenvalue weighted by atomic mass is 19.4. The molecule has 2 bridgehead atoms. The van der Waals surface area contributed by atoms with Crippen molar-refractivity contribution in [2.45, 2.75) is 55.0 Å². The predicted octanol–water partition coefficient (Wildman–Crippen LogP) is 0.791. The molecule has 33 heavy (non-hydrogen) atoms. The fourth-order valence-corrected chi connectivity index (χ4v) is 4.83. The summed E-state index contributed by atoms with van der Waals surface area (Å²) in [6.07, 6.45) is -10.5. The van der Waals surface area contributed by atoms with Gasteiger partial charge in [0.2, 0.25) is 5.95 Å². The van der Waals surface area contributed by atoms with Crippen molar-refractivity contribution in [3.63, 3.8) is 0 Å². The van der Waals surface area contributed by atoms with Gasteiger partial charge in [-0.25, -0.2) is 9.97 Å². The number of nitrogens with zero attached hydrogens (tertiary/aromatic N) is 4. The molecule has 3 aliphatic heterocycles. The fourth-order valence-electron chi connectivity index (χ4n) is 4.83. The molecule has 4 rings (SSSR count). The molecule has 8 nitrogen and oxygen atoms in total. The molecule has 186 valence electrons. The van der Waals surface area contributed by atoms with E-state index in [1.165, 1.54) is 0 Å². The molecule has 14 heteroatoms. The highest BCUT2D eigenvalue weighted by molar-refractivity contribution is 5.35. The summed E-state index contributed by atoms with van der Waals surface area (Å²) in [6.45, 7) is 2.94. The number of ether oxygens (including phenoxy) is 1. The Kier molecular flexibility index (Phi) is 6.50. The highest BCUT2D eigenvalue weighted by Gasteiger charge is 2.71. The van der Waals surface area contributed by atoms with Crippen molar-refractivity contribution in [1.82, 2.24) is 20.2 Å². The molecule has 0 radical (unpaired) electrons. The van der Waals surface area contributed by atoms with Gasteiger partial charge in [-0.2, -0.15) is 26.3 Å². The SMILES string of the molecule is OC1CC2COCC(C1)N2C[C@H]1CNCCN1c1ncc(C(O)(C(F)(F)F)C(F)(F)F)cn1. The van der Waals surface area contributed by atoms with Crippen molar-refractivity contribution in [2.24, 2.45) is 0 Å². The second kappa shape index (κ2) is 8.80. The van der Waals surface area contributed by atoms with Gasteiger partial charge in [-0.3, -0.25) is 4.90 Å². The number of rotatable bonds is 4. The Morgan fingerprint density at radius 1 is 1.03 bits per heavy atom. The van der Waals surface area contributed by atoms with Gasteiger partial charge < -0.3 is 25.2 Å². The van der Waals surface area contributed by atoms with Gasteiger partial charge in [0, 0.05) is 56.2 Å². The average Bonchev–Trinajstić information content (AvgIpc) is 2.73. The van der Waals surface area contributed by atoms with Crippen LogP contribution in [0.3, 0.4) is 0 Å². The summed E-state index contributed by atoms with van der Waals surface area (Å²) in [5, 5.41) is 22.8. The summed E-state index contributed by atoms with van der Waals surface area (Å²) >= 11 is 0. The van der Waals surface area contributed by atoms with Crippen LogP contribution < -0.4 is 10.2 Å². The number of piperidine rings is 1. The number of morpholine rings is 1. The molecule has 0 saturated carbocycles. The molecule has 0 aliphatic carbocycles. The van der Waals surface area contributed by atoms with E-state index in [0.29, 0.717) is 64.6 Å². The first-order chi connectivity index (χ1) is 15.4. The Morgan fingerprint density at radius 2 is 1.61 bits per heavy atom. The normalized spacial score (nSPS) is 29.9. The summed E-state index contributed by atoms with van der Waals surface area (Å²) in [7, 11) is 0. The van der Waals surface area contributed by atoms with Crippen LogP contribution in [-0.4, -0.2) is 101 Å². The van der Waals surface area contributed by atoms with Crippen LogP contribution in [0.1, 0.15) is 18.4 Å². The van der Waals surface area contributed by atoms with E-state index in [1.54, 1.807) is 4.90 Å². The summed E-state index contributed by atoms with van der Waals surface area (Å²) in [4.78, 5) is 11.5. The quantitative estimate of drug-likeness (QED) is 0.540. The number of hydrogen-bond donors (Lipinski definition) is 3. The zero-order valence-corrected chi connectivity index (χ0v) is 17.5. The maximum Gasteiger partial charge on any atom is 0.430 e. The third-order valence-electron chi connectivity index (χ3n) is 6.55. The minimum absolute atomic E-state index is 0.0181. The lowest BCUT2D eigenvalue weighted by Crippen LogP contribution is -2.64. The number of alkyl halides is 6. The van der Waals surface area contributed by atoms with E-state index in [9.17, 15) is 36.6 Å². The molecule has 3 saturated heterocycles. The second-order valence-electron chi connectivity index (χ2n) is 8.70. The first-order valence-corrected chi connectivity index (χ1v) is 10.6. The first kappa shape index (κ1) is 24.4. The number of nitrogens with one attached hydrogen (secondary N) is 1. The minimum Gasteiger partial charge on any atom is -0.393 e. The lowest BCUT2D eigenvalue weighted by Gasteiger charge is -2.50. The van der Waals surface area contributed by atoms with Crippen LogP contribution in [0, 0.1) is 0 Å². The van der Waals surface area contributed by atoms with Gasteiger partial charge in [0.05, 0.1) is 25.4 Å². The van der Waals surface area contributed by atoms with E-state index in [1.807, 2.05) is 0 Å². The van der Waals surface area contributed by atoms with Gasteiger partial charge in [0.1, 0.15) is 0 Å². The van der Waals surface area contributed by atoms with Crippen LogP contribution in [0.4, 0.5) is 32.3 Å². The molecule has 1 aromatic rings. The molecule has 0 amide bonds. The lowest BCUT2D eigenvalue weighted by atomic mass is 9.91. The molecule has 1 aromatic heterocycles. The average molecular weight is 485 g/mol. The number of aromatic nitrogens is 2. The molecule has 0 spiro atoms. The van der Waals surface area contributed by atoms with Gasteiger partial charge in [-0.05, 0) is 12.8 Å². The van der Waals surface area contributed by atoms with E-state index >= 15 is 0 Å². The largest absolute Gasteiger partial charge is 0.430 e. The van der Waals surface area contributed by atoms with Crippen molar-refractivity contribution < 1.29 is 41.3 Å². The van der Waals surface area contributed by atoms with E-state index in [2.05, 4.69) is 20.2 Å². The maximum absolute atomic E-state index is 13.1. The number of anilines is 1. The van der Waals surface area contributed by atoms with Crippen molar-refractivity contribution in [2.75, 3.05) is 44.3 Å². The number of piperazine rings is 1. The number of halogens is 6. The van der Waals surface area contributed by atoms with E-state index < -0.39 is 29.6 Å². The van der Waals surface area contributed by atoms with Gasteiger partial charge in [-0.1, -0.05) is 0 Å². The lowest BCUT2D eigenvalue weighted by molar-refractivity contribution is -0.376. The standard InChI is InChI=1S/C19H25F6N5O3/c20-18(21,22)17(32,19(23,24)25)11-5-27-16(28-6-11)29-2-1-26-7-14(29)8-30-12-3-15(31)4-13(30)10-33-9-12/h5-6,12-15,26,31-32H,1-4,7-10H2/t12?,13?,14-,15?/m1/s1. The number of aliphatic hydroxyl groups is 2. The summed E-state index contributed by atoms with van der Waals surface area (Å²) in [5.41, 5.74) is -6.55. The molecule has 3 atom stereocenters. The zero-order valence-electron chi connectivity index (χ0n) is 17.5. The van der Waals surface area contributed by atoms with Crippen molar-refractivity contribution in [3.05, 3.63) is 18.0 Å². The van der Waals surface area contributed by atoms with Crippen LogP contribution in [0.2, 0.25) is 0 Å². The van der Waals surface area contributed by atoms with Crippen molar-refractivity contribution in [3.8, 4) is 0 Å². The van der Waals surface area contributed by atoms with Crippen LogP contribution >= 0.6 is 0 Å². The monoisotopic (exact) mass is 485 g/mol. The third-order valence-corrected chi connectivity index (χ3v) is 6.55. The van der Waals surface area contributed by atoms with Gasteiger partial charge in [-0.15, -0.1) is 0 Å². The molecule has 2 unspecified atom stereocenters. The maximum atomic E-state index is 13.1. The van der Waals surface area contributed by atoms with E-state index in [0.717, 1.165) is 0 Å². The van der Waals surface area contributed by atoms with Crippen molar-refractivity contribution >= 4 is 5.95 Å². The Labute approximate surface area is 185 Å². The Balaban J connectivity index is 1.55. The van der Waals surface area contributed by atoms with E-state index in [-0.39, 0.29) is 24.1 Å². The summed E-state index contributed by atoms with van der Waals surface area (Å²) in [6, 6.07) is -0.159. The molecule has 3 fully saturated rings. The highest BCUT2D eigenvalue weighted by Crippen LogP contribution is 2.49. The fraction of sp³-hybridized carbons (Fsp3) is 0.789. The minimum atomic E-state index is -5.99. The van der Waals surface area contributed by atoms with Gasteiger partial charge >= 0.3 is 12.4 Å². The van der Waals surface area contributed by atoms with Crippen LogP contribution in [0.25, 0.3) is 0 Å². The van der Waals surface area contributed by atoms with Crippen LogP contribution in [-0.2, 0) is 10.3 Å². The predicted molar refractivity (Wildman–Crippen MR) is 102 cm³/mol. The molecule has 3 N–H and O–H groups in total. The first-order valence-electron chi connectivity index (χ1n) is 10.6. The van der Waals surface area contributed by atoms with Gasteiger partial charge in [0.25, 0.3) is 5.60 Å². The molecular formula is C19H25F6N5O3. The molecule has 0 aromatic carbocycles. The van der Waals surface area contributed by atoms with Crippen molar-refractivity contribution in [1.29, 1.82) is 0 Å². The van der Waals surface area contributed by atoms with Crippen LogP contribution in [0.5, 0.6) is 0 Å². The summed E-state index contributed by atoms with van der Waals surface area (Å²) in [5.74, 6) is -0.0181. The second-order valence-corrected chi connectivity index (χ2v) is 8.70. The Morgan fingerprint density at radius 3 is 2.15 bits per heavy atom. The topological polar surface area (TPSA) is 94.0 Å². The molecule has 3 aliphatic rings. The Hall–Kier alpha value is -1.74. The number of fused-ring (bicyclic) bond motifs is 2. The smallest absolute Gasteiger partial charge is 0.393 e. The molecular weight excluding hydrogens is 460 g/mol. The Bertz CT molecular complexity index is 796.